The van der Waals surface area contributed by atoms with Crippen molar-refractivity contribution in [3.8, 4) is 11.5 Å². The number of rotatable bonds is 6. The zero-order valence-electron chi connectivity index (χ0n) is 15.3. The summed E-state index contributed by atoms with van der Waals surface area (Å²) < 4.78 is 10.6. The van der Waals surface area contributed by atoms with Crippen molar-refractivity contribution in [2.24, 2.45) is 0 Å². The molecule has 1 aliphatic carbocycles. The maximum Gasteiger partial charge on any atom is 0.270 e. The average Bonchev–Trinajstić information content (AvgIpc) is 3.14. The SMILES string of the molecule is COc1ccc(Nc2cc(C(=O)NC3CCCC3)nc(C)n2)cc1OC. The highest BCUT2D eigenvalue weighted by Crippen LogP contribution is 2.30. The Kier molecular flexibility index (Phi) is 5.55. The van der Waals surface area contributed by atoms with Gasteiger partial charge in [0.05, 0.1) is 14.2 Å². The van der Waals surface area contributed by atoms with Crippen LogP contribution in [-0.2, 0) is 0 Å². The molecule has 0 aliphatic heterocycles. The largest absolute Gasteiger partial charge is 0.493 e. The molecule has 1 amide bonds. The minimum absolute atomic E-state index is 0.155. The van der Waals surface area contributed by atoms with Gasteiger partial charge in [-0.05, 0) is 31.9 Å². The Morgan fingerprint density at radius 2 is 1.81 bits per heavy atom. The topological polar surface area (TPSA) is 85.4 Å². The molecule has 0 atom stereocenters. The molecule has 2 N–H and O–H groups in total. The van der Waals surface area contributed by atoms with Crippen LogP contribution in [0.25, 0.3) is 0 Å². The van der Waals surface area contributed by atoms with Gasteiger partial charge < -0.3 is 20.1 Å². The quantitative estimate of drug-likeness (QED) is 0.827. The molecule has 7 heteroatoms. The molecule has 0 radical (unpaired) electrons. The van der Waals surface area contributed by atoms with Gasteiger partial charge in [0, 0.05) is 23.9 Å². The standard InChI is InChI=1S/C19H24N4O3/c1-12-20-15(19(24)23-13-6-4-5-7-13)11-18(21-12)22-14-8-9-16(25-2)17(10-14)26-3/h8-11,13H,4-7H2,1-3H3,(H,23,24)(H,20,21,22). The molecular weight excluding hydrogens is 332 g/mol. The number of benzene rings is 1. The highest BCUT2D eigenvalue weighted by atomic mass is 16.5. The number of methoxy groups -OCH3 is 2. The van der Waals surface area contributed by atoms with Gasteiger partial charge in [-0.25, -0.2) is 9.97 Å². The van der Waals surface area contributed by atoms with Crippen molar-refractivity contribution in [3.63, 3.8) is 0 Å². The number of nitrogens with zero attached hydrogens (tertiary/aromatic N) is 2. The lowest BCUT2D eigenvalue weighted by Crippen LogP contribution is -2.33. The molecule has 0 unspecified atom stereocenters. The summed E-state index contributed by atoms with van der Waals surface area (Å²) in [5, 5.41) is 6.25. The maximum absolute atomic E-state index is 12.5. The van der Waals surface area contributed by atoms with Gasteiger partial charge in [-0.2, -0.15) is 0 Å². The minimum atomic E-state index is -0.155. The van der Waals surface area contributed by atoms with Crippen molar-refractivity contribution in [2.45, 2.75) is 38.6 Å². The fraction of sp³-hybridized carbons (Fsp3) is 0.421. The second-order valence-electron chi connectivity index (χ2n) is 6.34. The van der Waals surface area contributed by atoms with Crippen LogP contribution in [0.5, 0.6) is 11.5 Å². The third-order valence-corrected chi connectivity index (χ3v) is 4.42. The van der Waals surface area contributed by atoms with Gasteiger partial charge >= 0.3 is 0 Å². The Bertz CT molecular complexity index is 788. The van der Waals surface area contributed by atoms with E-state index in [4.69, 9.17) is 9.47 Å². The van der Waals surface area contributed by atoms with Crippen LogP contribution >= 0.6 is 0 Å². The zero-order valence-corrected chi connectivity index (χ0v) is 15.3. The van der Waals surface area contributed by atoms with E-state index in [2.05, 4.69) is 20.6 Å². The summed E-state index contributed by atoms with van der Waals surface area (Å²) in [7, 11) is 3.18. The van der Waals surface area contributed by atoms with Crippen LogP contribution in [0.3, 0.4) is 0 Å². The lowest BCUT2D eigenvalue weighted by atomic mass is 10.2. The third-order valence-electron chi connectivity index (χ3n) is 4.42. The number of aryl methyl sites for hydroxylation is 1. The van der Waals surface area contributed by atoms with Crippen LogP contribution in [0.1, 0.15) is 42.0 Å². The third kappa shape index (κ3) is 4.22. The number of amides is 1. The van der Waals surface area contributed by atoms with Gasteiger partial charge in [0.25, 0.3) is 5.91 Å². The Morgan fingerprint density at radius 1 is 1.08 bits per heavy atom. The molecular formula is C19H24N4O3. The Labute approximate surface area is 153 Å². The normalized spacial score (nSPS) is 14.1. The molecule has 7 nitrogen and oxygen atoms in total. The monoisotopic (exact) mass is 356 g/mol. The van der Waals surface area contributed by atoms with E-state index in [1.165, 1.54) is 12.8 Å². The first-order valence-electron chi connectivity index (χ1n) is 8.74. The van der Waals surface area contributed by atoms with E-state index in [0.717, 1.165) is 18.5 Å². The van der Waals surface area contributed by atoms with Crippen LogP contribution in [0.4, 0.5) is 11.5 Å². The second kappa shape index (κ2) is 8.03. The second-order valence-corrected chi connectivity index (χ2v) is 6.34. The van der Waals surface area contributed by atoms with Crippen LogP contribution in [-0.4, -0.2) is 36.1 Å². The predicted molar refractivity (Wildman–Crippen MR) is 99.3 cm³/mol. The van der Waals surface area contributed by atoms with Gasteiger partial charge in [0.1, 0.15) is 17.3 Å². The van der Waals surface area contributed by atoms with E-state index >= 15 is 0 Å². The number of carbonyl (C=O) groups is 1. The van der Waals surface area contributed by atoms with Gasteiger partial charge in [0.15, 0.2) is 11.5 Å². The first-order valence-corrected chi connectivity index (χ1v) is 8.74. The molecule has 3 rings (SSSR count). The van der Waals surface area contributed by atoms with Crippen molar-refractivity contribution in [3.05, 3.63) is 35.8 Å². The molecule has 1 fully saturated rings. The summed E-state index contributed by atoms with van der Waals surface area (Å²) >= 11 is 0. The average molecular weight is 356 g/mol. The van der Waals surface area contributed by atoms with Crippen LogP contribution < -0.4 is 20.1 Å². The van der Waals surface area contributed by atoms with E-state index in [1.54, 1.807) is 27.2 Å². The molecule has 1 aliphatic rings. The molecule has 0 spiro atoms. The number of anilines is 2. The maximum atomic E-state index is 12.5. The predicted octanol–water partition coefficient (Wildman–Crippen LogP) is 3.22. The lowest BCUT2D eigenvalue weighted by molar-refractivity contribution is 0.0932. The Morgan fingerprint density at radius 3 is 2.50 bits per heavy atom. The van der Waals surface area contributed by atoms with E-state index < -0.39 is 0 Å². The highest BCUT2D eigenvalue weighted by molar-refractivity contribution is 5.93. The molecule has 2 aromatic rings. The van der Waals surface area contributed by atoms with E-state index in [1.807, 2.05) is 18.2 Å². The summed E-state index contributed by atoms with van der Waals surface area (Å²) in [5.74, 6) is 2.20. The first kappa shape index (κ1) is 18.0. The number of aromatic nitrogens is 2. The smallest absolute Gasteiger partial charge is 0.270 e. The number of nitrogens with one attached hydrogen (secondary N) is 2. The number of ether oxygens (including phenoxy) is 2. The summed E-state index contributed by atoms with van der Waals surface area (Å²) in [6, 6.07) is 7.39. The molecule has 1 heterocycles. The number of carbonyl (C=O) groups excluding carboxylic acids is 1. The summed E-state index contributed by atoms with van der Waals surface area (Å²) in [5.41, 5.74) is 1.15. The first-order chi connectivity index (χ1) is 12.6. The molecule has 0 saturated heterocycles. The number of hydrogen-bond donors (Lipinski definition) is 2. The highest BCUT2D eigenvalue weighted by Gasteiger charge is 2.19. The van der Waals surface area contributed by atoms with Crippen molar-refractivity contribution >= 4 is 17.4 Å². The van der Waals surface area contributed by atoms with E-state index in [-0.39, 0.29) is 11.9 Å². The molecule has 1 saturated carbocycles. The van der Waals surface area contributed by atoms with Crippen LogP contribution in [0.15, 0.2) is 24.3 Å². The van der Waals surface area contributed by atoms with Crippen molar-refractivity contribution < 1.29 is 14.3 Å². The fourth-order valence-electron chi connectivity index (χ4n) is 3.14. The molecule has 26 heavy (non-hydrogen) atoms. The Balaban J connectivity index is 1.78. The lowest BCUT2D eigenvalue weighted by Gasteiger charge is -2.13. The summed E-state index contributed by atoms with van der Waals surface area (Å²) in [6.45, 7) is 1.77. The van der Waals surface area contributed by atoms with E-state index in [0.29, 0.717) is 28.8 Å². The zero-order chi connectivity index (χ0) is 18.5. The summed E-state index contributed by atoms with van der Waals surface area (Å²) in [6.07, 6.45) is 4.40. The minimum Gasteiger partial charge on any atom is -0.493 e. The summed E-state index contributed by atoms with van der Waals surface area (Å²) in [4.78, 5) is 21.1. The van der Waals surface area contributed by atoms with Crippen LogP contribution in [0.2, 0.25) is 0 Å². The fourth-order valence-corrected chi connectivity index (χ4v) is 3.14. The van der Waals surface area contributed by atoms with Gasteiger partial charge in [-0.3, -0.25) is 4.79 Å². The van der Waals surface area contributed by atoms with Crippen LogP contribution in [0, 0.1) is 6.92 Å². The van der Waals surface area contributed by atoms with Gasteiger partial charge in [-0.15, -0.1) is 0 Å². The molecule has 0 bridgehead atoms. The van der Waals surface area contributed by atoms with Crippen molar-refractivity contribution in [1.82, 2.24) is 15.3 Å². The molecule has 1 aromatic carbocycles. The molecule has 1 aromatic heterocycles. The number of hydrogen-bond acceptors (Lipinski definition) is 6. The van der Waals surface area contributed by atoms with Gasteiger partial charge in [0.2, 0.25) is 0 Å². The van der Waals surface area contributed by atoms with E-state index in [9.17, 15) is 4.79 Å². The molecule has 138 valence electrons. The van der Waals surface area contributed by atoms with Crippen molar-refractivity contribution in [1.29, 1.82) is 0 Å². The van der Waals surface area contributed by atoms with Gasteiger partial charge in [-0.1, -0.05) is 12.8 Å². The Hall–Kier alpha value is -2.83. The van der Waals surface area contributed by atoms with Crippen molar-refractivity contribution in [2.75, 3.05) is 19.5 Å².